The maximum Gasteiger partial charge on any atom is 0.302 e. The Bertz CT molecular complexity index is 711. The molecule has 0 aliphatic rings. The van der Waals surface area contributed by atoms with Crippen molar-refractivity contribution >= 4 is 29.2 Å². The van der Waals surface area contributed by atoms with Crippen LogP contribution in [0, 0.1) is 0 Å². The SMILES string of the molecule is CC(=O)OCCC(C)(O)c1ccc(Oc2ccc(Cl)cc2Cl)cc1. The van der Waals surface area contributed by atoms with Crippen LogP contribution < -0.4 is 4.74 Å². The maximum absolute atomic E-state index is 10.8. The summed E-state index contributed by atoms with van der Waals surface area (Å²) in [5.74, 6) is 0.712. The van der Waals surface area contributed by atoms with Gasteiger partial charge in [-0.3, -0.25) is 4.79 Å². The van der Waals surface area contributed by atoms with Crippen LogP contribution >= 0.6 is 23.2 Å². The van der Waals surface area contributed by atoms with E-state index in [1.165, 1.54) is 6.92 Å². The van der Waals surface area contributed by atoms with Crippen LogP contribution in [0.1, 0.15) is 25.8 Å². The number of hydrogen-bond acceptors (Lipinski definition) is 4. The quantitative estimate of drug-likeness (QED) is 0.733. The molecule has 0 aliphatic carbocycles. The summed E-state index contributed by atoms with van der Waals surface area (Å²) >= 11 is 11.9. The molecule has 2 rings (SSSR count). The molecule has 0 radical (unpaired) electrons. The lowest BCUT2D eigenvalue weighted by Gasteiger charge is -2.23. The third-order valence-electron chi connectivity index (χ3n) is 3.49. The van der Waals surface area contributed by atoms with Crippen LogP contribution in [0.5, 0.6) is 11.5 Å². The van der Waals surface area contributed by atoms with Crippen molar-refractivity contribution in [3.63, 3.8) is 0 Å². The number of esters is 1. The average Bonchev–Trinajstić information content (AvgIpc) is 2.50. The molecule has 0 bridgehead atoms. The molecule has 1 unspecified atom stereocenters. The van der Waals surface area contributed by atoms with Gasteiger partial charge in [0.1, 0.15) is 11.5 Å². The van der Waals surface area contributed by atoms with Crippen molar-refractivity contribution in [1.82, 2.24) is 0 Å². The van der Waals surface area contributed by atoms with E-state index in [1.54, 1.807) is 49.4 Å². The van der Waals surface area contributed by atoms with Crippen LogP contribution in [0.3, 0.4) is 0 Å². The lowest BCUT2D eigenvalue weighted by atomic mass is 9.93. The molecule has 0 spiro atoms. The second-order valence-corrected chi connectivity index (χ2v) is 6.41. The minimum Gasteiger partial charge on any atom is -0.466 e. The molecule has 0 aliphatic heterocycles. The molecule has 0 saturated heterocycles. The van der Waals surface area contributed by atoms with Gasteiger partial charge in [0.15, 0.2) is 0 Å². The van der Waals surface area contributed by atoms with E-state index in [0.29, 0.717) is 33.5 Å². The van der Waals surface area contributed by atoms with E-state index in [1.807, 2.05) is 0 Å². The first-order chi connectivity index (χ1) is 11.3. The third kappa shape index (κ3) is 5.13. The monoisotopic (exact) mass is 368 g/mol. The molecule has 4 nitrogen and oxygen atoms in total. The topological polar surface area (TPSA) is 55.8 Å². The van der Waals surface area contributed by atoms with Crippen molar-refractivity contribution in [3.05, 3.63) is 58.1 Å². The Labute approximate surface area is 150 Å². The first-order valence-electron chi connectivity index (χ1n) is 7.37. The number of hydrogen-bond donors (Lipinski definition) is 1. The first kappa shape index (κ1) is 18.6. The second-order valence-electron chi connectivity index (χ2n) is 5.57. The number of ether oxygens (including phenoxy) is 2. The van der Waals surface area contributed by atoms with E-state index < -0.39 is 5.60 Å². The van der Waals surface area contributed by atoms with Gasteiger partial charge in [-0.05, 0) is 42.8 Å². The Morgan fingerprint density at radius 1 is 1.17 bits per heavy atom. The van der Waals surface area contributed by atoms with Gasteiger partial charge in [0.05, 0.1) is 17.2 Å². The van der Waals surface area contributed by atoms with Gasteiger partial charge in [0, 0.05) is 18.4 Å². The Balaban J connectivity index is 2.05. The van der Waals surface area contributed by atoms with Crippen molar-refractivity contribution in [3.8, 4) is 11.5 Å². The van der Waals surface area contributed by atoms with Gasteiger partial charge in [-0.2, -0.15) is 0 Å². The van der Waals surface area contributed by atoms with Gasteiger partial charge in [0.2, 0.25) is 0 Å². The molecule has 6 heteroatoms. The fourth-order valence-electron chi connectivity index (χ4n) is 2.10. The molecule has 1 N–H and O–H groups in total. The predicted octanol–water partition coefficient (Wildman–Crippen LogP) is 4.95. The molecule has 24 heavy (non-hydrogen) atoms. The Hall–Kier alpha value is -1.75. The normalized spacial score (nSPS) is 13.2. The highest BCUT2D eigenvalue weighted by atomic mass is 35.5. The molecule has 0 amide bonds. The first-order valence-corrected chi connectivity index (χ1v) is 8.13. The van der Waals surface area contributed by atoms with Gasteiger partial charge in [0.25, 0.3) is 0 Å². The van der Waals surface area contributed by atoms with Crippen molar-refractivity contribution in [2.45, 2.75) is 25.9 Å². The van der Waals surface area contributed by atoms with E-state index in [9.17, 15) is 9.90 Å². The van der Waals surface area contributed by atoms with Crippen molar-refractivity contribution in [2.24, 2.45) is 0 Å². The Kier molecular flexibility index (Phi) is 6.10. The van der Waals surface area contributed by atoms with Crippen molar-refractivity contribution in [1.29, 1.82) is 0 Å². The minimum atomic E-state index is -1.11. The summed E-state index contributed by atoms with van der Waals surface area (Å²) in [6.45, 7) is 3.16. The molecule has 2 aromatic carbocycles. The summed E-state index contributed by atoms with van der Waals surface area (Å²) in [5.41, 5.74) is -0.407. The molecule has 1 atom stereocenters. The Morgan fingerprint density at radius 2 is 1.83 bits per heavy atom. The fraction of sp³-hybridized carbons (Fsp3) is 0.278. The molecule has 2 aromatic rings. The summed E-state index contributed by atoms with van der Waals surface area (Å²) < 4.78 is 10.6. The number of aliphatic hydroxyl groups is 1. The molecular weight excluding hydrogens is 351 g/mol. The highest BCUT2D eigenvalue weighted by Crippen LogP contribution is 2.33. The number of carbonyl (C=O) groups is 1. The largest absolute Gasteiger partial charge is 0.466 e. The van der Waals surface area contributed by atoms with Gasteiger partial charge < -0.3 is 14.6 Å². The average molecular weight is 369 g/mol. The molecule has 0 fully saturated rings. The van der Waals surface area contributed by atoms with E-state index in [0.717, 1.165) is 0 Å². The van der Waals surface area contributed by atoms with E-state index in [4.69, 9.17) is 32.7 Å². The second kappa shape index (κ2) is 7.88. The lowest BCUT2D eigenvalue weighted by Crippen LogP contribution is -2.23. The fourth-order valence-corrected chi connectivity index (χ4v) is 2.55. The maximum atomic E-state index is 10.8. The van der Waals surface area contributed by atoms with E-state index in [-0.39, 0.29) is 12.6 Å². The zero-order valence-electron chi connectivity index (χ0n) is 13.4. The van der Waals surface area contributed by atoms with Gasteiger partial charge in [-0.1, -0.05) is 35.3 Å². The summed E-state index contributed by atoms with van der Waals surface area (Å²) in [4.78, 5) is 10.8. The number of benzene rings is 2. The molecule has 128 valence electrons. The molecule has 0 heterocycles. The van der Waals surface area contributed by atoms with Crippen LogP contribution in [-0.4, -0.2) is 17.7 Å². The summed E-state index contributed by atoms with van der Waals surface area (Å²) in [7, 11) is 0. The van der Waals surface area contributed by atoms with Crippen LogP contribution in [0.15, 0.2) is 42.5 Å². The van der Waals surface area contributed by atoms with Crippen molar-refractivity contribution in [2.75, 3.05) is 6.61 Å². The van der Waals surface area contributed by atoms with Crippen molar-refractivity contribution < 1.29 is 19.4 Å². The summed E-state index contributed by atoms with van der Waals surface area (Å²) in [6, 6.07) is 12.0. The highest BCUT2D eigenvalue weighted by molar-refractivity contribution is 6.35. The van der Waals surface area contributed by atoms with Crippen LogP contribution in [0.4, 0.5) is 0 Å². The zero-order chi connectivity index (χ0) is 17.7. The Morgan fingerprint density at radius 3 is 2.42 bits per heavy atom. The van der Waals surface area contributed by atoms with Gasteiger partial charge in [-0.25, -0.2) is 0 Å². The predicted molar refractivity (Wildman–Crippen MR) is 93.8 cm³/mol. The summed E-state index contributed by atoms with van der Waals surface area (Å²) in [6.07, 6.45) is 0.301. The minimum absolute atomic E-state index is 0.154. The van der Waals surface area contributed by atoms with Crippen LogP contribution in [0.2, 0.25) is 10.0 Å². The zero-order valence-corrected chi connectivity index (χ0v) is 14.9. The van der Waals surface area contributed by atoms with Gasteiger partial charge in [-0.15, -0.1) is 0 Å². The van der Waals surface area contributed by atoms with Gasteiger partial charge >= 0.3 is 5.97 Å². The number of carbonyl (C=O) groups excluding carboxylic acids is 1. The van der Waals surface area contributed by atoms with Crippen LogP contribution in [0.25, 0.3) is 0 Å². The number of halogens is 2. The highest BCUT2D eigenvalue weighted by Gasteiger charge is 2.23. The molecule has 0 saturated carbocycles. The third-order valence-corrected chi connectivity index (χ3v) is 4.02. The lowest BCUT2D eigenvalue weighted by molar-refractivity contribution is -0.142. The smallest absolute Gasteiger partial charge is 0.302 e. The standard InChI is InChI=1S/C18H18Cl2O4/c1-12(21)23-10-9-18(2,22)13-3-6-15(7-4-13)24-17-8-5-14(19)11-16(17)20/h3-8,11,22H,9-10H2,1-2H3. The molecule has 0 aromatic heterocycles. The number of rotatable bonds is 6. The van der Waals surface area contributed by atoms with E-state index in [2.05, 4.69) is 0 Å². The van der Waals surface area contributed by atoms with E-state index >= 15 is 0 Å². The molecular formula is C18H18Cl2O4. The summed E-state index contributed by atoms with van der Waals surface area (Å²) in [5, 5.41) is 11.4. The van der Waals surface area contributed by atoms with Crippen LogP contribution in [-0.2, 0) is 15.1 Å².